The number of hydrogen-bond donors (Lipinski definition) is 14. The summed E-state index contributed by atoms with van der Waals surface area (Å²) in [5, 5.41) is 136. The summed E-state index contributed by atoms with van der Waals surface area (Å²) in [5.74, 6) is -0.693. The SMILES string of the molecule is CC(=O)N[C@H]1[C@H](O[C@@H]2[C@@H](O)[C@@H](O[C@H]3[C@H](O)[C@@H](O)[C@@H](O[C@H]4[C@H](O)[C@@H](O)C(O)O[C@@H]4CO)O[C@@H]3CO)O[C@H](CO)[C@H]2O)O[C@H](CO)[C@H](O)[C@@H]1O. The summed E-state index contributed by atoms with van der Waals surface area (Å²) in [6, 6.07) is -1.49. The van der Waals surface area contributed by atoms with Crippen LogP contribution in [-0.2, 0) is 38.0 Å². The number of aliphatic hydroxyl groups excluding tert-OH is 13. The lowest BCUT2D eigenvalue weighted by Crippen LogP contribution is -2.69. The topological polar surface area (TPSA) is 357 Å². The van der Waals surface area contributed by atoms with Gasteiger partial charge in [-0.15, -0.1) is 0 Å². The van der Waals surface area contributed by atoms with Gasteiger partial charge in [-0.05, 0) is 0 Å². The van der Waals surface area contributed by atoms with Crippen molar-refractivity contribution in [3.05, 3.63) is 0 Å². The molecule has 4 aliphatic heterocycles. The van der Waals surface area contributed by atoms with Crippen molar-refractivity contribution in [1.82, 2.24) is 5.32 Å². The normalized spacial score (nSPS) is 50.2. The van der Waals surface area contributed by atoms with Crippen molar-refractivity contribution >= 4 is 5.91 Å². The molecule has 0 bridgehead atoms. The largest absolute Gasteiger partial charge is 0.394 e. The summed E-state index contributed by atoms with van der Waals surface area (Å²) in [5.41, 5.74) is 0. The monoisotopic (exact) mass is 707 g/mol. The Labute approximate surface area is 272 Å². The third-order valence-corrected chi connectivity index (χ3v) is 8.61. The molecule has 1 unspecified atom stereocenters. The Kier molecular flexibility index (Phi) is 13.8. The van der Waals surface area contributed by atoms with E-state index in [4.69, 9.17) is 33.2 Å². The molecule has 1 amide bonds. The standard InChI is InChI=1S/C26H45NO21/c1-6(32)27-11-14(35)12(33)7(2-28)43-24(11)48-22-13(34)8(3-29)44-26(19(22)40)47-21-10(5-31)45-25(18(39)16(21)37)46-20-9(4-30)42-23(41)17(38)15(20)36/h7-26,28-31,33-41H,2-5H2,1H3,(H,27,32)/t7-,8-,9-,10-,11-,12+,13-,14-,15-,16-,17-,18-,19-,20-,21-,22+,23?,24+,25-,26-/m1/s1. The van der Waals surface area contributed by atoms with Gasteiger partial charge in [0.25, 0.3) is 0 Å². The van der Waals surface area contributed by atoms with Gasteiger partial charge in [0.05, 0.1) is 26.4 Å². The van der Waals surface area contributed by atoms with E-state index >= 15 is 0 Å². The van der Waals surface area contributed by atoms with Crippen LogP contribution in [0.4, 0.5) is 0 Å². The molecule has 0 aromatic carbocycles. The Morgan fingerprint density at radius 1 is 0.500 bits per heavy atom. The molecular weight excluding hydrogens is 662 g/mol. The van der Waals surface area contributed by atoms with Crippen LogP contribution in [0.25, 0.3) is 0 Å². The van der Waals surface area contributed by atoms with Crippen LogP contribution in [-0.4, -0.2) is 221 Å². The first-order chi connectivity index (χ1) is 22.7. The minimum absolute atomic E-state index is 0.693. The molecule has 4 aliphatic rings. The van der Waals surface area contributed by atoms with Crippen molar-refractivity contribution in [2.75, 3.05) is 26.4 Å². The third kappa shape index (κ3) is 8.08. The molecule has 4 rings (SSSR count). The first-order valence-electron chi connectivity index (χ1n) is 15.1. The zero-order valence-electron chi connectivity index (χ0n) is 25.5. The molecule has 280 valence electrons. The molecule has 0 spiro atoms. The highest BCUT2D eigenvalue weighted by Gasteiger charge is 2.55. The van der Waals surface area contributed by atoms with Crippen LogP contribution in [0, 0.1) is 0 Å². The number of amides is 1. The maximum atomic E-state index is 11.8. The number of ether oxygens (including phenoxy) is 7. The van der Waals surface area contributed by atoms with E-state index in [-0.39, 0.29) is 0 Å². The molecule has 0 aromatic rings. The van der Waals surface area contributed by atoms with E-state index in [2.05, 4.69) is 5.32 Å². The fraction of sp³-hybridized carbons (Fsp3) is 0.962. The average Bonchev–Trinajstić information content (AvgIpc) is 3.06. The summed E-state index contributed by atoms with van der Waals surface area (Å²) in [6.45, 7) is -2.35. The van der Waals surface area contributed by atoms with Gasteiger partial charge >= 0.3 is 0 Å². The number of aliphatic hydroxyl groups is 13. The quantitative estimate of drug-likeness (QED) is 0.0947. The molecule has 4 saturated heterocycles. The van der Waals surface area contributed by atoms with E-state index < -0.39 is 155 Å². The molecular formula is C26H45NO21. The van der Waals surface area contributed by atoms with Crippen molar-refractivity contribution in [1.29, 1.82) is 0 Å². The van der Waals surface area contributed by atoms with Gasteiger partial charge in [0.1, 0.15) is 97.6 Å². The van der Waals surface area contributed by atoms with Crippen LogP contribution in [0.3, 0.4) is 0 Å². The number of nitrogens with one attached hydrogen (secondary N) is 1. The number of carbonyl (C=O) groups is 1. The highest BCUT2D eigenvalue weighted by molar-refractivity contribution is 5.73. The van der Waals surface area contributed by atoms with Crippen LogP contribution < -0.4 is 5.32 Å². The average molecular weight is 708 g/mol. The van der Waals surface area contributed by atoms with Gasteiger partial charge in [-0.25, -0.2) is 0 Å². The Morgan fingerprint density at radius 3 is 1.48 bits per heavy atom. The van der Waals surface area contributed by atoms with E-state index in [1.165, 1.54) is 0 Å². The van der Waals surface area contributed by atoms with Crippen LogP contribution in [0.5, 0.6) is 0 Å². The van der Waals surface area contributed by atoms with Crippen molar-refractivity contribution in [3.63, 3.8) is 0 Å². The second-order valence-electron chi connectivity index (χ2n) is 11.9. The molecule has 0 radical (unpaired) electrons. The Bertz CT molecular complexity index is 1030. The van der Waals surface area contributed by atoms with Crippen LogP contribution in [0.2, 0.25) is 0 Å². The number of carbonyl (C=O) groups excluding carboxylic acids is 1. The van der Waals surface area contributed by atoms with Gasteiger partial charge in [0.15, 0.2) is 25.2 Å². The Balaban J connectivity index is 1.51. The van der Waals surface area contributed by atoms with E-state index in [0.717, 1.165) is 6.92 Å². The smallest absolute Gasteiger partial charge is 0.217 e. The van der Waals surface area contributed by atoms with Crippen LogP contribution >= 0.6 is 0 Å². The zero-order chi connectivity index (χ0) is 35.6. The van der Waals surface area contributed by atoms with Crippen LogP contribution in [0.15, 0.2) is 0 Å². The predicted molar refractivity (Wildman–Crippen MR) is 145 cm³/mol. The summed E-state index contributed by atoms with van der Waals surface area (Å²) < 4.78 is 38.4. The van der Waals surface area contributed by atoms with Crippen LogP contribution in [0.1, 0.15) is 6.92 Å². The first-order valence-corrected chi connectivity index (χ1v) is 15.1. The van der Waals surface area contributed by atoms with Gasteiger partial charge in [-0.3, -0.25) is 4.79 Å². The molecule has 22 heteroatoms. The minimum atomic E-state index is -2.03. The Morgan fingerprint density at radius 2 is 0.938 bits per heavy atom. The van der Waals surface area contributed by atoms with Gasteiger partial charge in [-0.2, -0.15) is 0 Å². The minimum Gasteiger partial charge on any atom is -0.394 e. The molecule has 0 aromatic heterocycles. The lowest BCUT2D eigenvalue weighted by Gasteiger charge is -2.49. The van der Waals surface area contributed by atoms with E-state index in [9.17, 15) is 71.2 Å². The third-order valence-electron chi connectivity index (χ3n) is 8.61. The lowest BCUT2D eigenvalue weighted by molar-refractivity contribution is -0.385. The van der Waals surface area contributed by atoms with Gasteiger partial charge < -0.3 is 105 Å². The molecule has 4 heterocycles. The summed E-state index contributed by atoms with van der Waals surface area (Å²) >= 11 is 0. The van der Waals surface area contributed by atoms with E-state index in [1.54, 1.807) is 0 Å². The van der Waals surface area contributed by atoms with Crippen molar-refractivity contribution < 1.29 is 104 Å². The predicted octanol–water partition coefficient (Wildman–Crippen LogP) is -9.61. The molecule has 20 atom stereocenters. The van der Waals surface area contributed by atoms with Gasteiger partial charge in [0, 0.05) is 6.92 Å². The second-order valence-corrected chi connectivity index (χ2v) is 11.9. The molecule has 14 N–H and O–H groups in total. The molecule has 48 heavy (non-hydrogen) atoms. The Hall–Kier alpha value is -1.33. The van der Waals surface area contributed by atoms with Gasteiger partial charge in [-0.1, -0.05) is 0 Å². The molecule has 22 nitrogen and oxygen atoms in total. The summed E-state index contributed by atoms with van der Waals surface area (Å²) in [6.07, 6.45) is -33.5. The summed E-state index contributed by atoms with van der Waals surface area (Å²) in [7, 11) is 0. The van der Waals surface area contributed by atoms with E-state index in [1.807, 2.05) is 0 Å². The zero-order valence-corrected chi connectivity index (χ0v) is 25.5. The second kappa shape index (κ2) is 16.8. The highest BCUT2D eigenvalue weighted by Crippen LogP contribution is 2.34. The molecule has 4 fully saturated rings. The number of rotatable bonds is 11. The highest BCUT2D eigenvalue weighted by atomic mass is 16.8. The van der Waals surface area contributed by atoms with Crippen molar-refractivity contribution in [3.8, 4) is 0 Å². The lowest BCUT2D eigenvalue weighted by atomic mass is 9.95. The van der Waals surface area contributed by atoms with E-state index in [0.29, 0.717) is 0 Å². The van der Waals surface area contributed by atoms with Crippen molar-refractivity contribution in [2.45, 2.75) is 130 Å². The first kappa shape index (κ1) is 39.5. The maximum Gasteiger partial charge on any atom is 0.217 e. The fourth-order valence-electron chi connectivity index (χ4n) is 5.95. The molecule has 0 aliphatic carbocycles. The van der Waals surface area contributed by atoms with Gasteiger partial charge in [0.2, 0.25) is 5.91 Å². The number of hydrogen-bond acceptors (Lipinski definition) is 21. The molecule has 0 saturated carbocycles. The van der Waals surface area contributed by atoms with Crippen molar-refractivity contribution in [2.24, 2.45) is 0 Å². The maximum absolute atomic E-state index is 11.8. The fourth-order valence-corrected chi connectivity index (χ4v) is 5.95. The summed E-state index contributed by atoms with van der Waals surface area (Å²) in [4.78, 5) is 11.8.